The van der Waals surface area contributed by atoms with Crippen LogP contribution < -0.4 is 11.1 Å². The Hall–Kier alpha value is -1.59. The molecule has 2 amide bonds. The molecular formula is C17H24ClN3O2. The largest absolute Gasteiger partial charge is 0.346 e. The first-order valence-corrected chi connectivity index (χ1v) is 8.36. The van der Waals surface area contributed by atoms with Gasteiger partial charge in [0.15, 0.2) is 0 Å². The van der Waals surface area contributed by atoms with Crippen molar-refractivity contribution in [3.63, 3.8) is 0 Å². The average molecular weight is 338 g/mol. The summed E-state index contributed by atoms with van der Waals surface area (Å²) < 4.78 is 0. The van der Waals surface area contributed by atoms with E-state index in [4.69, 9.17) is 17.3 Å². The van der Waals surface area contributed by atoms with E-state index in [1.54, 1.807) is 4.90 Å². The molecule has 0 spiro atoms. The third-order valence-corrected chi connectivity index (χ3v) is 4.62. The summed E-state index contributed by atoms with van der Waals surface area (Å²) in [7, 11) is 0. The molecule has 1 heterocycles. The Morgan fingerprint density at radius 3 is 2.74 bits per heavy atom. The normalized spacial score (nSPS) is 19.0. The lowest BCUT2D eigenvalue weighted by molar-refractivity contribution is -0.134. The molecule has 1 unspecified atom stereocenters. The van der Waals surface area contributed by atoms with Crippen molar-refractivity contribution < 1.29 is 9.59 Å². The standard InChI is InChI=1S/C17H24ClN3O2/c1-11(2)16(19)17(23)20-10-15(22)21-9-5-8-14(21)12-6-3-4-7-13(12)18/h3-4,6-7,11,14,16H,5,8-10,19H2,1-2H3,(H,20,23)/t14?,16-/m0/s1. The number of hydrogen-bond donors (Lipinski definition) is 2. The van der Waals surface area contributed by atoms with Gasteiger partial charge in [0.2, 0.25) is 11.8 Å². The van der Waals surface area contributed by atoms with E-state index in [1.165, 1.54) is 0 Å². The van der Waals surface area contributed by atoms with Crippen molar-refractivity contribution in [3.8, 4) is 0 Å². The molecule has 1 aromatic carbocycles. The highest BCUT2D eigenvalue weighted by molar-refractivity contribution is 6.31. The minimum absolute atomic E-state index is 0.0214. The Balaban J connectivity index is 1.99. The van der Waals surface area contributed by atoms with Crippen molar-refractivity contribution in [3.05, 3.63) is 34.9 Å². The molecule has 6 heteroatoms. The van der Waals surface area contributed by atoms with Crippen LogP contribution in [0.25, 0.3) is 0 Å². The predicted molar refractivity (Wildman–Crippen MR) is 91.0 cm³/mol. The molecule has 1 fully saturated rings. The van der Waals surface area contributed by atoms with Crippen LogP contribution in [-0.4, -0.2) is 35.8 Å². The van der Waals surface area contributed by atoms with Crippen LogP contribution in [0.4, 0.5) is 0 Å². The average Bonchev–Trinajstić information content (AvgIpc) is 3.01. The fraction of sp³-hybridized carbons (Fsp3) is 0.529. The maximum Gasteiger partial charge on any atom is 0.242 e. The van der Waals surface area contributed by atoms with Crippen molar-refractivity contribution >= 4 is 23.4 Å². The second kappa shape index (κ2) is 7.79. The first kappa shape index (κ1) is 17.8. The van der Waals surface area contributed by atoms with Crippen LogP contribution >= 0.6 is 11.6 Å². The molecule has 0 aliphatic carbocycles. The number of likely N-dealkylation sites (tertiary alicyclic amines) is 1. The highest BCUT2D eigenvalue weighted by Gasteiger charge is 2.31. The molecular weight excluding hydrogens is 314 g/mol. The highest BCUT2D eigenvalue weighted by Crippen LogP contribution is 2.35. The fourth-order valence-electron chi connectivity index (χ4n) is 2.82. The van der Waals surface area contributed by atoms with Gasteiger partial charge < -0.3 is 16.0 Å². The van der Waals surface area contributed by atoms with Crippen molar-refractivity contribution in [2.45, 2.75) is 38.8 Å². The molecule has 0 radical (unpaired) electrons. The number of nitrogens with one attached hydrogen (secondary N) is 1. The SMILES string of the molecule is CC(C)[C@H](N)C(=O)NCC(=O)N1CCCC1c1ccccc1Cl. The monoisotopic (exact) mass is 337 g/mol. The molecule has 2 atom stereocenters. The maximum absolute atomic E-state index is 12.5. The van der Waals surface area contributed by atoms with Crippen LogP contribution in [0, 0.1) is 5.92 Å². The highest BCUT2D eigenvalue weighted by atomic mass is 35.5. The number of carbonyl (C=O) groups is 2. The lowest BCUT2D eigenvalue weighted by Crippen LogP contribution is -2.47. The predicted octanol–water partition coefficient (Wildman–Crippen LogP) is 2.10. The summed E-state index contributed by atoms with van der Waals surface area (Å²) in [6.45, 7) is 4.40. The van der Waals surface area contributed by atoms with Gasteiger partial charge in [-0.3, -0.25) is 9.59 Å². The van der Waals surface area contributed by atoms with E-state index in [-0.39, 0.29) is 30.3 Å². The van der Waals surface area contributed by atoms with Crippen molar-refractivity contribution in [2.75, 3.05) is 13.1 Å². The third kappa shape index (κ3) is 4.24. The van der Waals surface area contributed by atoms with Crippen molar-refractivity contribution in [1.29, 1.82) is 0 Å². The van der Waals surface area contributed by atoms with Crippen LogP contribution in [0.2, 0.25) is 5.02 Å². The molecule has 3 N–H and O–H groups in total. The second-order valence-electron chi connectivity index (χ2n) is 6.25. The number of rotatable bonds is 5. The number of nitrogens with two attached hydrogens (primary N) is 1. The summed E-state index contributed by atoms with van der Waals surface area (Å²) in [5.41, 5.74) is 6.75. The van der Waals surface area contributed by atoms with Crippen molar-refractivity contribution in [2.24, 2.45) is 11.7 Å². The van der Waals surface area contributed by atoms with Crippen molar-refractivity contribution in [1.82, 2.24) is 10.2 Å². The summed E-state index contributed by atoms with van der Waals surface area (Å²) in [5.74, 6) is -0.355. The van der Waals surface area contributed by atoms with Crippen LogP contribution in [0.3, 0.4) is 0 Å². The van der Waals surface area contributed by atoms with Crippen LogP contribution in [0.5, 0.6) is 0 Å². The zero-order valence-electron chi connectivity index (χ0n) is 13.6. The number of nitrogens with zero attached hydrogens (tertiary/aromatic N) is 1. The Bertz CT molecular complexity index is 577. The number of carbonyl (C=O) groups excluding carboxylic acids is 2. The molecule has 0 saturated carbocycles. The zero-order valence-corrected chi connectivity index (χ0v) is 14.3. The zero-order chi connectivity index (χ0) is 17.0. The van der Waals surface area contributed by atoms with Gasteiger partial charge in [-0.05, 0) is 30.4 Å². The molecule has 0 bridgehead atoms. The summed E-state index contributed by atoms with van der Waals surface area (Å²) in [4.78, 5) is 26.1. The first-order chi connectivity index (χ1) is 10.9. The number of benzene rings is 1. The van der Waals surface area contributed by atoms with Gasteiger partial charge in [-0.25, -0.2) is 0 Å². The summed E-state index contributed by atoms with van der Waals surface area (Å²) >= 11 is 6.25. The lowest BCUT2D eigenvalue weighted by Gasteiger charge is -2.26. The van der Waals surface area contributed by atoms with Gasteiger partial charge >= 0.3 is 0 Å². The van der Waals surface area contributed by atoms with Crippen LogP contribution in [0.15, 0.2) is 24.3 Å². The van der Waals surface area contributed by atoms with E-state index in [1.807, 2.05) is 38.1 Å². The van der Waals surface area contributed by atoms with Gasteiger partial charge in [0, 0.05) is 11.6 Å². The molecule has 126 valence electrons. The molecule has 0 aromatic heterocycles. The van der Waals surface area contributed by atoms with E-state index in [2.05, 4.69) is 5.32 Å². The fourth-order valence-corrected chi connectivity index (χ4v) is 3.08. The molecule has 23 heavy (non-hydrogen) atoms. The molecule has 5 nitrogen and oxygen atoms in total. The molecule has 1 aliphatic rings. The first-order valence-electron chi connectivity index (χ1n) is 7.99. The van der Waals surface area contributed by atoms with Gasteiger partial charge in [-0.1, -0.05) is 43.6 Å². The third-order valence-electron chi connectivity index (χ3n) is 4.27. The smallest absolute Gasteiger partial charge is 0.242 e. The minimum Gasteiger partial charge on any atom is -0.346 e. The molecule has 1 saturated heterocycles. The number of hydrogen-bond acceptors (Lipinski definition) is 3. The van der Waals surface area contributed by atoms with E-state index in [0.29, 0.717) is 11.6 Å². The quantitative estimate of drug-likeness (QED) is 0.864. The van der Waals surface area contributed by atoms with Gasteiger partial charge in [0.05, 0.1) is 18.6 Å². The Morgan fingerprint density at radius 2 is 2.09 bits per heavy atom. The van der Waals surface area contributed by atoms with Gasteiger partial charge in [-0.2, -0.15) is 0 Å². The Kier molecular flexibility index (Phi) is 6.02. The minimum atomic E-state index is -0.597. The topological polar surface area (TPSA) is 75.4 Å². The Morgan fingerprint density at radius 1 is 1.39 bits per heavy atom. The number of amides is 2. The van der Waals surface area contributed by atoms with E-state index >= 15 is 0 Å². The van der Waals surface area contributed by atoms with Gasteiger partial charge in [0.1, 0.15) is 0 Å². The summed E-state index contributed by atoms with van der Waals surface area (Å²) in [6.07, 6.45) is 1.82. The van der Waals surface area contributed by atoms with E-state index in [0.717, 1.165) is 18.4 Å². The van der Waals surface area contributed by atoms with E-state index < -0.39 is 6.04 Å². The Labute approximate surface area is 142 Å². The van der Waals surface area contributed by atoms with Crippen LogP contribution in [0.1, 0.15) is 38.3 Å². The van der Waals surface area contributed by atoms with Crippen LogP contribution in [-0.2, 0) is 9.59 Å². The summed E-state index contributed by atoms with van der Waals surface area (Å²) in [6, 6.07) is 6.96. The molecule has 2 rings (SSSR count). The van der Waals surface area contributed by atoms with Gasteiger partial charge in [0.25, 0.3) is 0 Å². The van der Waals surface area contributed by atoms with E-state index in [9.17, 15) is 9.59 Å². The number of halogens is 1. The maximum atomic E-state index is 12.5. The second-order valence-corrected chi connectivity index (χ2v) is 6.66. The molecule has 1 aromatic rings. The van der Waals surface area contributed by atoms with Gasteiger partial charge in [-0.15, -0.1) is 0 Å². The summed E-state index contributed by atoms with van der Waals surface area (Å²) in [5, 5.41) is 3.31. The molecule has 1 aliphatic heterocycles. The lowest BCUT2D eigenvalue weighted by atomic mass is 10.0.